The van der Waals surface area contributed by atoms with Crippen molar-refractivity contribution >= 4 is 18.0 Å². The molecule has 2 amide bonds. The Bertz CT molecular complexity index is 664. The smallest absolute Gasteiger partial charge is 0.408 e. The van der Waals surface area contributed by atoms with Crippen molar-refractivity contribution in [3.63, 3.8) is 0 Å². The third-order valence-corrected chi connectivity index (χ3v) is 5.34. The van der Waals surface area contributed by atoms with Crippen LogP contribution in [0.5, 0.6) is 0 Å². The Hall–Kier alpha value is -2.48. The van der Waals surface area contributed by atoms with Gasteiger partial charge >= 0.3 is 12.1 Å². The summed E-state index contributed by atoms with van der Waals surface area (Å²) >= 11 is 0. The molecule has 2 aliphatic rings. The zero-order valence-electron chi connectivity index (χ0n) is 17.3. The minimum absolute atomic E-state index is 0.0248. The predicted octanol–water partition coefficient (Wildman–Crippen LogP) is 3.21. The maximum absolute atomic E-state index is 13.2. The fourth-order valence-electron chi connectivity index (χ4n) is 4.08. The van der Waals surface area contributed by atoms with Crippen LogP contribution in [-0.4, -0.2) is 58.2 Å². The first kappa shape index (κ1) is 22.8. The van der Waals surface area contributed by atoms with Crippen LogP contribution >= 0.6 is 0 Å². The van der Waals surface area contributed by atoms with Gasteiger partial charge < -0.3 is 20.1 Å². The van der Waals surface area contributed by atoms with E-state index in [-0.39, 0.29) is 18.9 Å². The summed E-state index contributed by atoms with van der Waals surface area (Å²) in [6.07, 6.45) is 5.07. The van der Waals surface area contributed by atoms with Gasteiger partial charge in [-0.25, -0.2) is 9.59 Å². The van der Waals surface area contributed by atoms with Gasteiger partial charge in [0.05, 0.1) is 6.04 Å². The first-order valence-corrected chi connectivity index (χ1v) is 10.2. The molecule has 1 saturated heterocycles. The number of carbonyl (C=O) groups excluding carboxylic acids is 2. The molecule has 0 aromatic rings. The molecular formula is C19H31N5O5. The van der Waals surface area contributed by atoms with Gasteiger partial charge in [-0.15, -0.1) is 0 Å². The number of nitrogens with zero attached hydrogens (tertiary/aromatic N) is 4. The van der Waals surface area contributed by atoms with Crippen molar-refractivity contribution < 1.29 is 24.2 Å². The fraction of sp³-hybridized carbons (Fsp3) is 0.842. The molecule has 0 aromatic heterocycles. The predicted molar refractivity (Wildman–Crippen MR) is 105 cm³/mol. The third kappa shape index (κ3) is 6.81. The third-order valence-electron chi connectivity index (χ3n) is 5.34. The van der Waals surface area contributed by atoms with Crippen LogP contribution in [0.4, 0.5) is 4.79 Å². The van der Waals surface area contributed by atoms with Crippen molar-refractivity contribution in [2.75, 3.05) is 6.54 Å². The molecule has 1 unspecified atom stereocenters. The van der Waals surface area contributed by atoms with Crippen molar-refractivity contribution in [1.29, 1.82) is 0 Å². The van der Waals surface area contributed by atoms with Gasteiger partial charge in [-0.05, 0) is 45.1 Å². The van der Waals surface area contributed by atoms with Crippen LogP contribution in [0.25, 0.3) is 10.4 Å². The monoisotopic (exact) mass is 409 g/mol. The van der Waals surface area contributed by atoms with Crippen LogP contribution in [-0.2, 0) is 14.3 Å². The molecule has 0 aromatic carbocycles. The van der Waals surface area contributed by atoms with E-state index in [4.69, 9.17) is 10.3 Å². The maximum Gasteiger partial charge on any atom is 0.408 e. The van der Waals surface area contributed by atoms with E-state index in [1.165, 1.54) is 4.90 Å². The second kappa shape index (κ2) is 9.82. The van der Waals surface area contributed by atoms with Crippen molar-refractivity contribution in [2.45, 2.75) is 89.4 Å². The topological polar surface area (TPSA) is 145 Å². The van der Waals surface area contributed by atoms with E-state index in [2.05, 4.69) is 15.3 Å². The quantitative estimate of drug-likeness (QED) is 0.393. The van der Waals surface area contributed by atoms with Gasteiger partial charge in [0.25, 0.3) is 0 Å². The highest BCUT2D eigenvalue weighted by Gasteiger charge is 2.42. The Kier molecular flexibility index (Phi) is 7.73. The summed E-state index contributed by atoms with van der Waals surface area (Å²) in [5, 5.41) is 15.8. The Morgan fingerprint density at radius 2 is 1.93 bits per heavy atom. The molecule has 2 fully saturated rings. The number of carboxylic acids is 1. The van der Waals surface area contributed by atoms with Gasteiger partial charge in [-0.3, -0.25) is 4.79 Å². The second-order valence-electron chi connectivity index (χ2n) is 8.88. The van der Waals surface area contributed by atoms with Gasteiger partial charge in [0, 0.05) is 11.5 Å². The SMILES string of the molecule is CC(C)(C)OC(=O)N[C@H](CC1CCCCC1)C(=O)N1CC(N=[N+]=[N-])C[C@H]1C(=O)O. The lowest BCUT2D eigenvalue weighted by molar-refractivity contribution is -0.149. The van der Waals surface area contributed by atoms with Crippen LogP contribution < -0.4 is 5.32 Å². The number of aliphatic carboxylic acids is 1. The molecule has 1 heterocycles. The van der Waals surface area contributed by atoms with Crippen molar-refractivity contribution in [3.8, 4) is 0 Å². The highest BCUT2D eigenvalue weighted by Crippen LogP contribution is 2.29. The summed E-state index contributed by atoms with van der Waals surface area (Å²) in [7, 11) is 0. The van der Waals surface area contributed by atoms with E-state index < -0.39 is 41.7 Å². The van der Waals surface area contributed by atoms with Gasteiger partial charge in [-0.1, -0.05) is 37.2 Å². The van der Waals surface area contributed by atoms with E-state index >= 15 is 0 Å². The van der Waals surface area contributed by atoms with Crippen molar-refractivity contribution in [1.82, 2.24) is 10.2 Å². The zero-order chi connectivity index (χ0) is 21.6. The molecule has 0 bridgehead atoms. The van der Waals surface area contributed by atoms with Gasteiger partial charge in [0.15, 0.2) is 0 Å². The molecule has 1 aliphatic heterocycles. The molecule has 1 aliphatic carbocycles. The standard InChI is InChI=1S/C19H31N5O5/c1-19(2,3)29-18(28)21-14(9-12-7-5-4-6-8-12)16(25)24-11-13(22-23-20)10-15(24)17(26)27/h12-15H,4-11H2,1-3H3,(H,21,28)(H,26,27)/t13?,14-,15+/m1/s1. The number of amides is 2. The van der Waals surface area contributed by atoms with E-state index in [0.29, 0.717) is 6.42 Å². The fourth-order valence-corrected chi connectivity index (χ4v) is 4.08. The van der Waals surface area contributed by atoms with Crippen LogP contribution in [0.3, 0.4) is 0 Å². The number of ether oxygens (including phenoxy) is 1. The number of hydrogen-bond acceptors (Lipinski definition) is 5. The van der Waals surface area contributed by atoms with E-state index in [9.17, 15) is 19.5 Å². The summed E-state index contributed by atoms with van der Waals surface area (Å²) in [5.41, 5.74) is 7.95. The minimum Gasteiger partial charge on any atom is -0.480 e. The summed E-state index contributed by atoms with van der Waals surface area (Å²) in [6.45, 7) is 5.22. The normalized spacial score (nSPS) is 23.8. The Labute approximate surface area is 170 Å². The van der Waals surface area contributed by atoms with Gasteiger partial charge in [-0.2, -0.15) is 0 Å². The molecule has 3 atom stereocenters. The largest absolute Gasteiger partial charge is 0.480 e. The molecular weight excluding hydrogens is 378 g/mol. The Balaban J connectivity index is 2.18. The highest BCUT2D eigenvalue weighted by molar-refractivity contribution is 5.90. The average Bonchev–Trinajstić information content (AvgIpc) is 3.04. The van der Waals surface area contributed by atoms with Crippen molar-refractivity contribution in [2.24, 2.45) is 11.0 Å². The summed E-state index contributed by atoms with van der Waals surface area (Å²) < 4.78 is 5.30. The summed E-state index contributed by atoms with van der Waals surface area (Å²) in [5.74, 6) is -1.33. The summed E-state index contributed by atoms with van der Waals surface area (Å²) in [6, 6.07) is -2.55. The van der Waals surface area contributed by atoms with Gasteiger partial charge in [0.1, 0.15) is 17.7 Å². The lowest BCUT2D eigenvalue weighted by atomic mass is 9.84. The number of carbonyl (C=O) groups is 3. The van der Waals surface area contributed by atoms with E-state index in [0.717, 1.165) is 32.1 Å². The number of alkyl carbamates (subject to hydrolysis) is 1. The maximum atomic E-state index is 13.2. The molecule has 10 nitrogen and oxygen atoms in total. The van der Waals surface area contributed by atoms with Crippen LogP contribution in [0.1, 0.15) is 65.7 Å². The number of azide groups is 1. The van der Waals surface area contributed by atoms with Crippen LogP contribution in [0, 0.1) is 5.92 Å². The Morgan fingerprint density at radius 3 is 2.48 bits per heavy atom. The second-order valence-corrected chi connectivity index (χ2v) is 8.88. The minimum atomic E-state index is -1.15. The average molecular weight is 409 g/mol. The first-order chi connectivity index (χ1) is 13.6. The lowest BCUT2D eigenvalue weighted by Gasteiger charge is -2.31. The molecule has 0 radical (unpaired) electrons. The number of rotatable bonds is 6. The number of likely N-dealkylation sites (tertiary alicyclic amines) is 1. The molecule has 1 saturated carbocycles. The molecule has 2 N–H and O–H groups in total. The molecule has 10 heteroatoms. The lowest BCUT2D eigenvalue weighted by Crippen LogP contribution is -2.53. The van der Waals surface area contributed by atoms with E-state index in [1.54, 1.807) is 20.8 Å². The number of nitrogens with one attached hydrogen (secondary N) is 1. The molecule has 0 spiro atoms. The van der Waals surface area contributed by atoms with Gasteiger partial charge in [0.2, 0.25) is 5.91 Å². The zero-order valence-corrected chi connectivity index (χ0v) is 17.3. The van der Waals surface area contributed by atoms with Crippen LogP contribution in [0.15, 0.2) is 5.11 Å². The molecule has 162 valence electrons. The summed E-state index contributed by atoms with van der Waals surface area (Å²) in [4.78, 5) is 41.2. The first-order valence-electron chi connectivity index (χ1n) is 10.2. The highest BCUT2D eigenvalue weighted by atomic mass is 16.6. The van der Waals surface area contributed by atoms with Crippen molar-refractivity contribution in [3.05, 3.63) is 10.4 Å². The molecule has 2 rings (SSSR count). The van der Waals surface area contributed by atoms with Crippen LogP contribution in [0.2, 0.25) is 0 Å². The Morgan fingerprint density at radius 1 is 1.28 bits per heavy atom. The number of hydrogen-bond donors (Lipinski definition) is 2. The molecule has 29 heavy (non-hydrogen) atoms. The number of carboxylic acid groups (broad SMARTS) is 1. The van der Waals surface area contributed by atoms with E-state index in [1.807, 2.05) is 0 Å².